The summed E-state index contributed by atoms with van der Waals surface area (Å²) in [6.45, 7) is -2.04. The number of rotatable bonds is 4. The van der Waals surface area contributed by atoms with E-state index in [-0.39, 0.29) is 17.6 Å². The maximum Gasteiger partial charge on any atom is 0.424 e. The normalized spacial score (nSPS) is 15.0. The van der Waals surface area contributed by atoms with Gasteiger partial charge < -0.3 is 9.84 Å². The molecule has 0 bridgehead atoms. The molecule has 1 aromatic carbocycles. The quantitative estimate of drug-likeness (QED) is 0.671. The first-order chi connectivity index (χ1) is 8.30. The minimum atomic E-state index is -5.18. The van der Waals surface area contributed by atoms with Crippen LogP contribution in [0.15, 0.2) is 18.2 Å². The summed E-state index contributed by atoms with van der Waals surface area (Å²) >= 11 is 0. The molecule has 1 atom stereocenters. The van der Waals surface area contributed by atoms with Gasteiger partial charge in [0.2, 0.25) is 5.60 Å². The minimum Gasteiger partial charge on any atom is -0.496 e. The molecule has 0 spiro atoms. The van der Waals surface area contributed by atoms with Crippen molar-refractivity contribution >= 4 is 6.29 Å². The highest BCUT2D eigenvalue weighted by Crippen LogP contribution is 2.40. The smallest absolute Gasteiger partial charge is 0.424 e. The molecule has 1 unspecified atom stereocenters. The molecule has 3 nitrogen and oxygen atoms in total. The average molecular weight is 266 g/mol. The van der Waals surface area contributed by atoms with Gasteiger partial charge in [-0.2, -0.15) is 13.2 Å². The maximum atomic E-state index is 12.6. The van der Waals surface area contributed by atoms with Crippen LogP contribution in [-0.2, 0) is 5.60 Å². The predicted molar refractivity (Wildman–Crippen MR) is 54.3 cm³/mol. The lowest BCUT2D eigenvalue weighted by Gasteiger charge is -2.28. The van der Waals surface area contributed by atoms with E-state index in [9.17, 15) is 27.5 Å². The van der Waals surface area contributed by atoms with Gasteiger partial charge in [0.25, 0.3) is 0 Å². The summed E-state index contributed by atoms with van der Waals surface area (Å²) in [5.41, 5.74) is -4.58. The van der Waals surface area contributed by atoms with E-state index in [0.717, 1.165) is 18.2 Å². The zero-order valence-corrected chi connectivity index (χ0v) is 9.29. The van der Waals surface area contributed by atoms with Gasteiger partial charge in [-0.15, -0.1) is 0 Å². The fourth-order valence-corrected chi connectivity index (χ4v) is 1.40. The SMILES string of the molecule is COc1ccc(C(O)(CF)C(F)(F)F)cc1C=O. The number of hydrogen-bond acceptors (Lipinski definition) is 3. The van der Waals surface area contributed by atoms with E-state index in [1.165, 1.54) is 7.11 Å². The molecule has 1 rings (SSSR count). The molecule has 0 fully saturated rings. The Morgan fingerprint density at radius 2 is 2.00 bits per heavy atom. The first kappa shape index (κ1) is 14.4. The number of ether oxygens (including phenoxy) is 1. The lowest BCUT2D eigenvalue weighted by molar-refractivity contribution is -0.271. The fourth-order valence-electron chi connectivity index (χ4n) is 1.40. The molecule has 100 valence electrons. The number of alkyl halides is 4. The van der Waals surface area contributed by atoms with Crippen molar-refractivity contribution in [2.24, 2.45) is 0 Å². The van der Waals surface area contributed by atoms with E-state index in [1.54, 1.807) is 0 Å². The second kappa shape index (κ2) is 4.93. The molecular weight excluding hydrogens is 256 g/mol. The third kappa shape index (κ3) is 2.31. The van der Waals surface area contributed by atoms with E-state index in [1.807, 2.05) is 0 Å². The highest BCUT2D eigenvalue weighted by atomic mass is 19.4. The largest absolute Gasteiger partial charge is 0.496 e. The van der Waals surface area contributed by atoms with E-state index < -0.39 is 24.0 Å². The van der Waals surface area contributed by atoms with E-state index in [0.29, 0.717) is 0 Å². The van der Waals surface area contributed by atoms with Crippen LogP contribution in [0.25, 0.3) is 0 Å². The Morgan fingerprint density at radius 1 is 1.39 bits per heavy atom. The van der Waals surface area contributed by atoms with Gasteiger partial charge in [-0.3, -0.25) is 4.79 Å². The van der Waals surface area contributed by atoms with Crippen molar-refractivity contribution in [3.63, 3.8) is 0 Å². The lowest BCUT2D eigenvalue weighted by Crippen LogP contribution is -2.44. The molecule has 0 amide bonds. The van der Waals surface area contributed by atoms with Crippen LogP contribution in [0.4, 0.5) is 17.6 Å². The number of carbonyl (C=O) groups is 1. The van der Waals surface area contributed by atoms with Crippen LogP contribution in [0.2, 0.25) is 0 Å². The number of halogens is 4. The number of aldehydes is 1. The van der Waals surface area contributed by atoms with Crippen LogP contribution in [0.5, 0.6) is 5.75 Å². The second-order valence-corrected chi connectivity index (χ2v) is 3.57. The summed E-state index contributed by atoms with van der Waals surface area (Å²) in [5, 5.41) is 9.35. The maximum absolute atomic E-state index is 12.6. The van der Waals surface area contributed by atoms with E-state index >= 15 is 0 Å². The monoisotopic (exact) mass is 266 g/mol. The van der Waals surface area contributed by atoms with Crippen molar-refractivity contribution in [3.8, 4) is 5.75 Å². The standard InChI is InChI=1S/C11H10F4O3/c1-18-9-3-2-8(4-7(9)5-16)10(17,6-12)11(13,14)15/h2-5,17H,6H2,1H3. The number of aliphatic hydroxyl groups is 1. The molecule has 1 N–H and O–H groups in total. The van der Waals surface area contributed by atoms with Gasteiger partial charge in [0.05, 0.1) is 12.7 Å². The van der Waals surface area contributed by atoms with Crippen LogP contribution in [-0.4, -0.2) is 31.4 Å². The fraction of sp³-hybridized carbons (Fsp3) is 0.364. The number of carbonyl (C=O) groups excluding carboxylic acids is 1. The lowest BCUT2D eigenvalue weighted by atomic mass is 9.93. The molecule has 0 aliphatic rings. The summed E-state index contributed by atoms with van der Waals surface area (Å²) < 4.78 is 55.1. The molecule has 0 aromatic heterocycles. The molecule has 0 saturated carbocycles. The van der Waals surface area contributed by atoms with Gasteiger partial charge in [-0.05, 0) is 17.7 Å². The third-order valence-corrected chi connectivity index (χ3v) is 2.50. The third-order valence-electron chi connectivity index (χ3n) is 2.50. The predicted octanol–water partition coefficient (Wildman–Crippen LogP) is 2.23. The van der Waals surface area contributed by atoms with Gasteiger partial charge in [-0.25, -0.2) is 4.39 Å². The number of benzene rings is 1. The molecule has 0 aliphatic carbocycles. The minimum absolute atomic E-state index is 0.0390. The van der Waals surface area contributed by atoms with Crippen molar-refractivity contribution in [2.75, 3.05) is 13.8 Å². The van der Waals surface area contributed by atoms with Crippen molar-refractivity contribution < 1.29 is 32.2 Å². The number of methoxy groups -OCH3 is 1. The summed E-state index contributed by atoms with van der Waals surface area (Å²) in [4.78, 5) is 10.7. The Morgan fingerprint density at radius 3 is 2.39 bits per heavy atom. The highest BCUT2D eigenvalue weighted by molar-refractivity contribution is 5.79. The zero-order valence-electron chi connectivity index (χ0n) is 9.29. The Bertz CT molecular complexity index is 444. The highest BCUT2D eigenvalue weighted by Gasteiger charge is 2.55. The Balaban J connectivity index is 3.36. The van der Waals surface area contributed by atoms with Crippen LogP contribution in [0, 0.1) is 0 Å². The molecule has 0 saturated heterocycles. The van der Waals surface area contributed by atoms with Crippen molar-refractivity contribution in [1.29, 1.82) is 0 Å². The van der Waals surface area contributed by atoms with Crippen LogP contribution in [0.1, 0.15) is 15.9 Å². The van der Waals surface area contributed by atoms with Crippen LogP contribution >= 0.6 is 0 Å². The van der Waals surface area contributed by atoms with Crippen molar-refractivity contribution in [2.45, 2.75) is 11.8 Å². The summed E-state index contributed by atoms with van der Waals surface area (Å²) in [7, 11) is 1.23. The first-order valence-electron chi connectivity index (χ1n) is 4.79. The zero-order chi connectivity index (χ0) is 14.0. The Hall–Kier alpha value is -1.63. The topological polar surface area (TPSA) is 46.5 Å². The summed E-state index contributed by atoms with van der Waals surface area (Å²) in [6.07, 6.45) is -4.92. The Labute approximate surface area is 100.0 Å². The molecule has 1 aromatic rings. The molecule has 18 heavy (non-hydrogen) atoms. The molecule has 0 heterocycles. The Kier molecular flexibility index (Phi) is 3.95. The second-order valence-electron chi connectivity index (χ2n) is 3.57. The average Bonchev–Trinajstić information content (AvgIpc) is 2.35. The van der Waals surface area contributed by atoms with Crippen LogP contribution in [0.3, 0.4) is 0 Å². The van der Waals surface area contributed by atoms with Crippen molar-refractivity contribution in [3.05, 3.63) is 29.3 Å². The summed E-state index contributed by atoms with van der Waals surface area (Å²) in [6, 6.07) is 2.67. The van der Waals surface area contributed by atoms with Gasteiger partial charge in [0.1, 0.15) is 12.4 Å². The van der Waals surface area contributed by atoms with Crippen molar-refractivity contribution in [1.82, 2.24) is 0 Å². The van der Waals surface area contributed by atoms with Crippen LogP contribution < -0.4 is 4.74 Å². The van der Waals surface area contributed by atoms with Gasteiger partial charge in [0.15, 0.2) is 6.29 Å². The first-order valence-corrected chi connectivity index (χ1v) is 4.79. The van der Waals surface area contributed by atoms with E-state index in [4.69, 9.17) is 4.74 Å². The molecule has 0 aliphatic heterocycles. The molecule has 7 heteroatoms. The summed E-state index contributed by atoms with van der Waals surface area (Å²) in [5.74, 6) is 0.0390. The molecular formula is C11H10F4O3. The van der Waals surface area contributed by atoms with Gasteiger partial charge >= 0.3 is 6.18 Å². The van der Waals surface area contributed by atoms with Gasteiger partial charge in [0, 0.05) is 0 Å². The number of hydrogen-bond donors (Lipinski definition) is 1. The molecule has 0 radical (unpaired) electrons. The van der Waals surface area contributed by atoms with E-state index in [2.05, 4.69) is 0 Å². The van der Waals surface area contributed by atoms with Gasteiger partial charge in [-0.1, -0.05) is 6.07 Å².